The summed E-state index contributed by atoms with van der Waals surface area (Å²) in [5, 5.41) is 1.60. The molecule has 0 N–H and O–H groups in total. The summed E-state index contributed by atoms with van der Waals surface area (Å²) in [6.07, 6.45) is 1.43. The molecule has 0 unspecified atom stereocenters. The lowest BCUT2D eigenvalue weighted by Gasteiger charge is -2.42. The van der Waals surface area contributed by atoms with Gasteiger partial charge >= 0.3 is 0 Å². The summed E-state index contributed by atoms with van der Waals surface area (Å²) >= 11 is 0. The summed E-state index contributed by atoms with van der Waals surface area (Å²) in [5.41, 5.74) is 1.91. The van der Waals surface area contributed by atoms with Crippen LogP contribution in [0.4, 0.5) is 0 Å². The van der Waals surface area contributed by atoms with Crippen LogP contribution in [0.25, 0.3) is 0 Å². The van der Waals surface area contributed by atoms with Crippen molar-refractivity contribution in [3.63, 3.8) is 0 Å². The Morgan fingerprint density at radius 2 is 1.67 bits per heavy atom. The van der Waals surface area contributed by atoms with Crippen LogP contribution in [0.2, 0.25) is 0 Å². The summed E-state index contributed by atoms with van der Waals surface area (Å²) in [5.74, 6) is 0. The zero-order valence-electron chi connectivity index (χ0n) is 7.70. The Morgan fingerprint density at radius 3 is 2.17 bits per heavy atom. The van der Waals surface area contributed by atoms with Gasteiger partial charge in [0.05, 0.1) is 0 Å². The van der Waals surface area contributed by atoms with E-state index in [1.54, 1.807) is 5.30 Å². The second-order valence-electron chi connectivity index (χ2n) is 3.68. The molecule has 1 saturated heterocycles. The van der Waals surface area contributed by atoms with Crippen molar-refractivity contribution in [1.82, 2.24) is 0 Å². The van der Waals surface area contributed by atoms with E-state index >= 15 is 0 Å². The molecule has 0 aliphatic carbocycles. The molecule has 0 bridgehead atoms. The monoisotopic (exact) mass is 178 g/mol. The number of benzene rings is 1. The maximum atomic E-state index is 2.39. The Bertz CT molecular complexity index is 247. The van der Waals surface area contributed by atoms with Crippen LogP contribution in [0.3, 0.4) is 0 Å². The van der Waals surface area contributed by atoms with Gasteiger partial charge in [0.1, 0.15) is 0 Å². The highest BCUT2D eigenvalue weighted by molar-refractivity contribution is 7.68. The third-order valence-electron chi connectivity index (χ3n) is 2.69. The van der Waals surface area contributed by atoms with Gasteiger partial charge in [0.15, 0.2) is 0 Å². The molecule has 1 aliphatic heterocycles. The van der Waals surface area contributed by atoms with Gasteiger partial charge in [0.2, 0.25) is 0 Å². The summed E-state index contributed by atoms with van der Waals surface area (Å²) in [4.78, 5) is 0. The predicted octanol–water partition coefficient (Wildman–Crippen LogP) is 2.97. The second-order valence-corrected chi connectivity index (χ2v) is 6.77. The highest BCUT2D eigenvalue weighted by atomic mass is 31.1. The van der Waals surface area contributed by atoms with Crippen LogP contribution in [0.1, 0.15) is 20.3 Å². The van der Waals surface area contributed by atoms with Crippen molar-refractivity contribution in [2.45, 2.75) is 31.6 Å². The van der Waals surface area contributed by atoms with Gasteiger partial charge in [-0.05, 0) is 23.0 Å². The zero-order valence-corrected chi connectivity index (χ0v) is 8.59. The first-order valence-electron chi connectivity index (χ1n) is 4.62. The van der Waals surface area contributed by atoms with E-state index in [0.717, 1.165) is 11.3 Å². The summed E-state index contributed by atoms with van der Waals surface area (Å²) in [7, 11) is 0.185. The zero-order chi connectivity index (χ0) is 8.55. The first-order valence-corrected chi connectivity index (χ1v) is 6.10. The van der Waals surface area contributed by atoms with Crippen LogP contribution >= 0.6 is 7.92 Å². The standard InChI is InChI=1S/C11H15P/c1-9-8-10(2)12(9)11-6-4-3-5-7-11/h3-7,9-10H,8H2,1-2H3/t9-,10-/m1/s1. The van der Waals surface area contributed by atoms with E-state index in [-0.39, 0.29) is 7.92 Å². The molecule has 1 aliphatic rings. The predicted molar refractivity (Wildman–Crippen MR) is 56.5 cm³/mol. The van der Waals surface area contributed by atoms with Gasteiger partial charge in [-0.25, -0.2) is 0 Å². The molecule has 2 atom stereocenters. The van der Waals surface area contributed by atoms with Crippen molar-refractivity contribution < 1.29 is 0 Å². The first kappa shape index (κ1) is 8.26. The van der Waals surface area contributed by atoms with E-state index in [0.29, 0.717) is 0 Å². The van der Waals surface area contributed by atoms with Gasteiger partial charge in [-0.3, -0.25) is 0 Å². The van der Waals surface area contributed by atoms with Crippen LogP contribution in [0.15, 0.2) is 30.3 Å². The molecule has 0 nitrogen and oxygen atoms in total. The number of rotatable bonds is 1. The summed E-state index contributed by atoms with van der Waals surface area (Å²) in [6, 6.07) is 11.0. The fourth-order valence-electron chi connectivity index (χ4n) is 2.13. The van der Waals surface area contributed by atoms with Crippen LogP contribution < -0.4 is 5.30 Å². The normalized spacial score (nSPS) is 29.8. The van der Waals surface area contributed by atoms with Crippen molar-refractivity contribution in [3.05, 3.63) is 30.3 Å². The quantitative estimate of drug-likeness (QED) is 0.580. The lowest BCUT2D eigenvalue weighted by Crippen LogP contribution is -2.30. The molecule has 1 aromatic rings. The molecule has 0 saturated carbocycles. The van der Waals surface area contributed by atoms with Crippen molar-refractivity contribution >= 4 is 13.2 Å². The third-order valence-corrected chi connectivity index (χ3v) is 5.90. The minimum Gasteiger partial charge on any atom is -0.0695 e. The van der Waals surface area contributed by atoms with Gasteiger partial charge in [0.25, 0.3) is 0 Å². The molecule has 0 spiro atoms. The molecule has 64 valence electrons. The Kier molecular flexibility index (Phi) is 2.19. The van der Waals surface area contributed by atoms with Crippen LogP contribution in [-0.2, 0) is 0 Å². The van der Waals surface area contributed by atoms with E-state index < -0.39 is 0 Å². The molecule has 0 amide bonds. The molecule has 2 rings (SSSR count). The Hall–Kier alpha value is -0.350. The van der Waals surface area contributed by atoms with Crippen molar-refractivity contribution in [2.24, 2.45) is 0 Å². The molecule has 12 heavy (non-hydrogen) atoms. The summed E-state index contributed by atoms with van der Waals surface area (Å²) < 4.78 is 0. The van der Waals surface area contributed by atoms with E-state index in [9.17, 15) is 0 Å². The first-order chi connectivity index (χ1) is 5.79. The minimum absolute atomic E-state index is 0.185. The maximum absolute atomic E-state index is 2.39. The lowest BCUT2D eigenvalue weighted by molar-refractivity contribution is 0.714. The van der Waals surface area contributed by atoms with Crippen molar-refractivity contribution in [2.75, 3.05) is 0 Å². The van der Waals surface area contributed by atoms with Gasteiger partial charge < -0.3 is 0 Å². The van der Waals surface area contributed by atoms with Gasteiger partial charge in [0, 0.05) is 0 Å². The second kappa shape index (κ2) is 3.18. The van der Waals surface area contributed by atoms with Crippen molar-refractivity contribution in [1.29, 1.82) is 0 Å². The fraction of sp³-hybridized carbons (Fsp3) is 0.455. The van der Waals surface area contributed by atoms with Gasteiger partial charge in [-0.2, -0.15) is 0 Å². The highest BCUT2D eigenvalue weighted by Crippen LogP contribution is 2.57. The third kappa shape index (κ3) is 1.29. The van der Waals surface area contributed by atoms with E-state index in [1.807, 2.05) is 0 Å². The van der Waals surface area contributed by atoms with Crippen LogP contribution in [-0.4, -0.2) is 11.3 Å². The molecular weight excluding hydrogens is 163 g/mol. The number of hydrogen-bond donors (Lipinski definition) is 0. The molecule has 1 heterocycles. The average Bonchev–Trinajstić information content (AvgIpc) is 2.05. The molecule has 0 aromatic heterocycles. The molecular formula is C11H15P. The minimum atomic E-state index is 0.185. The maximum Gasteiger partial charge on any atom is -0.0189 e. The fourth-order valence-corrected chi connectivity index (χ4v) is 5.22. The molecule has 1 aromatic carbocycles. The lowest BCUT2D eigenvalue weighted by atomic mass is 10.2. The van der Waals surface area contributed by atoms with E-state index in [1.165, 1.54) is 6.42 Å². The Morgan fingerprint density at radius 1 is 1.08 bits per heavy atom. The average molecular weight is 178 g/mol. The van der Waals surface area contributed by atoms with Crippen molar-refractivity contribution in [3.8, 4) is 0 Å². The van der Waals surface area contributed by atoms with E-state index in [4.69, 9.17) is 0 Å². The topological polar surface area (TPSA) is 0 Å². The van der Waals surface area contributed by atoms with Crippen LogP contribution in [0.5, 0.6) is 0 Å². The number of hydrogen-bond acceptors (Lipinski definition) is 0. The van der Waals surface area contributed by atoms with Crippen LogP contribution in [0, 0.1) is 0 Å². The Labute approximate surface area is 75.7 Å². The Balaban J connectivity index is 2.20. The molecule has 1 fully saturated rings. The van der Waals surface area contributed by atoms with Gasteiger partial charge in [-0.15, -0.1) is 0 Å². The molecule has 1 heteroatoms. The largest absolute Gasteiger partial charge is 0.0695 e. The highest BCUT2D eigenvalue weighted by Gasteiger charge is 2.34. The smallest absolute Gasteiger partial charge is 0.0189 e. The SMILES string of the molecule is C[C@@H]1C[C@@H](C)P1c1ccccc1. The molecule has 0 radical (unpaired) electrons. The van der Waals surface area contributed by atoms with E-state index in [2.05, 4.69) is 44.2 Å². The summed E-state index contributed by atoms with van der Waals surface area (Å²) in [6.45, 7) is 4.78. The van der Waals surface area contributed by atoms with Gasteiger partial charge in [-0.1, -0.05) is 52.1 Å².